The molecule has 0 atom stereocenters. The molecule has 2 aliphatic rings. The van der Waals surface area contributed by atoms with E-state index in [0.717, 1.165) is 57.7 Å². The van der Waals surface area contributed by atoms with Crippen LogP contribution in [0.25, 0.3) is 0 Å². The zero-order valence-corrected chi connectivity index (χ0v) is 15.0. The van der Waals surface area contributed by atoms with Gasteiger partial charge in [0, 0.05) is 56.1 Å². The predicted octanol–water partition coefficient (Wildman–Crippen LogP) is 3.45. The van der Waals surface area contributed by atoms with Gasteiger partial charge in [0.15, 0.2) is 0 Å². The maximum absolute atomic E-state index is 12.4. The fraction of sp³-hybridized carbons (Fsp3) is 0.611. The number of nitrogens with zero attached hydrogens (tertiary/aromatic N) is 2. The van der Waals surface area contributed by atoms with Crippen molar-refractivity contribution in [2.45, 2.75) is 37.8 Å². The lowest BCUT2D eigenvalue weighted by atomic mass is 9.99. The van der Waals surface area contributed by atoms with Crippen molar-refractivity contribution >= 4 is 23.3 Å². The number of benzene rings is 1. The number of likely N-dealkylation sites (tertiary alicyclic amines) is 1. The average Bonchev–Trinajstić information content (AvgIpc) is 2.62. The Morgan fingerprint density at radius 2 is 1.96 bits per heavy atom. The molecule has 1 aromatic carbocycles. The van der Waals surface area contributed by atoms with Crippen LogP contribution >= 0.6 is 11.6 Å². The van der Waals surface area contributed by atoms with Crippen LogP contribution < -0.4 is 5.32 Å². The number of hydrogen-bond donors (Lipinski definition) is 1. The number of amides is 2. The number of carbonyl (C=O) groups excluding carboxylic acids is 1. The largest absolute Gasteiger partial charge is 0.381 e. The summed E-state index contributed by atoms with van der Waals surface area (Å²) in [7, 11) is 1.88. The van der Waals surface area contributed by atoms with Crippen molar-refractivity contribution in [3.8, 4) is 0 Å². The molecule has 2 heterocycles. The van der Waals surface area contributed by atoms with Gasteiger partial charge >= 0.3 is 6.03 Å². The quantitative estimate of drug-likeness (QED) is 0.907. The van der Waals surface area contributed by atoms with Crippen LogP contribution in [0.2, 0.25) is 5.02 Å². The highest BCUT2D eigenvalue weighted by Gasteiger charge is 2.29. The van der Waals surface area contributed by atoms with E-state index in [0.29, 0.717) is 17.1 Å². The molecule has 2 fully saturated rings. The van der Waals surface area contributed by atoms with E-state index in [-0.39, 0.29) is 6.03 Å². The van der Waals surface area contributed by atoms with Crippen LogP contribution in [0.5, 0.6) is 0 Å². The van der Waals surface area contributed by atoms with E-state index in [2.05, 4.69) is 10.2 Å². The molecule has 0 aliphatic carbocycles. The fourth-order valence-corrected chi connectivity index (χ4v) is 3.82. The highest BCUT2D eigenvalue weighted by Crippen LogP contribution is 2.23. The summed E-state index contributed by atoms with van der Waals surface area (Å²) in [5, 5.41) is 3.55. The third-order valence-electron chi connectivity index (χ3n) is 5.15. The summed E-state index contributed by atoms with van der Waals surface area (Å²) in [5.41, 5.74) is 0.735. The molecular weight excluding hydrogens is 326 g/mol. The van der Waals surface area contributed by atoms with Gasteiger partial charge in [-0.15, -0.1) is 0 Å². The Balaban J connectivity index is 1.49. The van der Waals surface area contributed by atoms with E-state index in [1.807, 2.05) is 24.1 Å². The normalized spacial score (nSPS) is 20.8. The first-order valence-electron chi connectivity index (χ1n) is 8.74. The molecule has 24 heavy (non-hydrogen) atoms. The lowest BCUT2D eigenvalue weighted by Crippen LogP contribution is -2.50. The van der Waals surface area contributed by atoms with Crippen LogP contribution in [-0.4, -0.2) is 61.3 Å². The number of rotatable bonds is 3. The van der Waals surface area contributed by atoms with Crippen molar-refractivity contribution in [3.63, 3.8) is 0 Å². The van der Waals surface area contributed by atoms with E-state index in [4.69, 9.17) is 16.3 Å². The Morgan fingerprint density at radius 3 is 2.62 bits per heavy atom. The highest BCUT2D eigenvalue weighted by atomic mass is 35.5. The first-order chi connectivity index (χ1) is 11.6. The molecule has 1 aromatic rings. The van der Waals surface area contributed by atoms with Crippen LogP contribution in [0.15, 0.2) is 24.3 Å². The molecule has 0 aromatic heterocycles. The minimum Gasteiger partial charge on any atom is -0.381 e. The van der Waals surface area contributed by atoms with Gasteiger partial charge < -0.3 is 19.9 Å². The molecule has 0 unspecified atom stereocenters. The van der Waals surface area contributed by atoms with Crippen LogP contribution in [0, 0.1) is 0 Å². The molecular formula is C18H26ClN3O2. The summed E-state index contributed by atoms with van der Waals surface area (Å²) in [4.78, 5) is 16.9. The van der Waals surface area contributed by atoms with Crippen molar-refractivity contribution in [3.05, 3.63) is 29.3 Å². The summed E-state index contributed by atoms with van der Waals surface area (Å²) < 4.78 is 5.45. The van der Waals surface area contributed by atoms with Gasteiger partial charge in [0.2, 0.25) is 0 Å². The van der Waals surface area contributed by atoms with Gasteiger partial charge in [-0.2, -0.15) is 0 Å². The number of nitrogens with one attached hydrogen (secondary N) is 1. The fourth-order valence-electron chi connectivity index (χ4n) is 3.63. The maximum Gasteiger partial charge on any atom is 0.321 e. The lowest BCUT2D eigenvalue weighted by Gasteiger charge is -2.41. The maximum atomic E-state index is 12.4. The zero-order chi connectivity index (χ0) is 16.9. The number of hydrogen-bond acceptors (Lipinski definition) is 3. The smallest absolute Gasteiger partial charge is 0.321 e. The lowest BCUT2D eigenvalue weighted by molar-refractivity contribution is 0.0190. The second kappa shape index (κ2) is 8.19. The number of halogens is 1. The molecule has 6 heteroatoms. The molecule has 0 saturated carbocycles. The van der Waals surface area contributed by atoms with Gasteiger partial charge in [-0.1, -0.05) is 17.7 Å². The third kappa shape index (κ3) is 4.41. The summed E-state index contributed by atoms with van der Waals surface area (Å²) in [6, 6.07) is 8.14. The van der Waals surface area contributed by atoms with Gasteiger partial charge in [0.25, 0.3) is 0 Å². The second-order valence-electron chi connectivity index (χ2n) is 6.66. The van der Waals surface area contributed by atoms with E-state index >= 15 is 0 Å². The first-order valence-corrected chi connectivity index (χ1v) is 9.12. The van der Waals surface area contributed by atoms with E-state index in [9.17, 15) is 4.79 Å². The highest BCUT2D eigenvalue weighted by molar-refractivity contribution is 6.30. The Kier molecular flexibility index (Phi) is 5.98. The average molecular weight is 352 g/mol. The number of urea groups is 1. The van der Waals surface area contributed by atoms with Crippen LogP contribution in [-0.2, 0) is 4.74 Å². The Morgan fingerprint density at radius 1 is 1.25 bits per heavy atom. The summed E-state index contributed by atoms with van der Waals surface area (Å²) in [5.74, 6) is 0. The van der Waals surface area contributed by atoms with Crippen molar-refractivity contribution < 1.29 is 9.53 Å². The van der Waals surface area contributed by atoms with Crippen molar-refractivity contribution in [2.24, 2.45) is 0 Å². The van der Waals surface area contributed by atoms with Gasteiger partial charge in [0.1, 0.15) is 0 Å². The Hall–Kier alpha value is -1.30. The molecule has 2 aliphatic heterocycles. The Labute approximate surface area is 148 Å². The second-order valence-corrected chi connectivity index (χ2v) is 7.10. The van der Waals surface area contributed by atoms with Gasteiger partial charge in [-0.25, -0.2) is 4.79 Å². The summed E-state index contributed by atoms with van der Waals surface area (Å²) in [6.07, 6.45) is 4.32. The molecule has 1 N–H and O–H groups in total. The molecule has 0 radical (unpaired) electrons. The molecule has 0 spiro atoms. The minimum atomic E-state index is -0.0678. The molecule has 2 saturated heterocycles. The number of carbonyl (C=O) groups is 1. The molecule has 5 nitrogen and oxygen atoms in total. The number of piperidine rings is 1. The SMILES string of the molecule is CN(C(=O)Nc1cccc(Cl)c1)C1CCN(C2CCOCC2)CC1. The van der Waals surface area contributed by atoms with Crippen LogP contribution in [0.1, 0.15) is 25.7 Å². The summed E-state index contributed by atoms with van der Waals surface area (Å²) >= 11 is 5.97. The van der Waals surface area contributed by atoms with Gasteiger partial charge in [-0.3, -0.25) is 0 Å². The monoisotopic (exact) mass is 351 g/mol. The third-order valence-corrected chi connectivity index (χ3v) is 5.39. The molecule has 3 rings (SSSR count). The standard InChI is InChI=1S/C18H26ClN3O2/c1-21(18(23)20-15-4-2-3-14(19)13-15)16-5-9-22(10-6-16)17-7-11-24-12-8-17/h2-4,13,16-17H,5-12H2,1H3,(H,20,23). The van der Waals surface area contributed by atoms with Crippen LogP contribution in [0.4, 0.5) is 10.5 Å². The van der Waals surface area contributed by atoms with E-state index in [1.165, 1.54) is 0 Å². The minimum absolute atomic E-state index is 0.0678. The van der Waals surface area contributed by atoms with Crippen LogP contribution in [0.3, 0.4) is 0 Å². The molecule has 0 bridgehead atoms. The Bertz CT molecular complexity index is 555. The number of ether oxygens (including phenoxy) is 1. The van der Waals surface area contributed by atoms with Crippen molar-refractivity contribution in [2.75, 3.05) is 38.7 Å². The molecule has 132 valence electrons. The predicted molar refractivity (Wildman–Crippen MR) is 96.7 cm³/mol. The number of anilines is 1. The van der Waals surface area contributed by atoms with Crippen molar-refractivity contribution in [1.29, 1.82) is 0 Å². The van der Waals surface area contributed by atoms with E-state index in [1.54, 1.807) is 12.1 Å². The first kappa shape index (κ1) is 17.5. The van der Waals surface area contributed by atoms with Crippen molar-refractivity contribution in [1.82, 2.24) is 9.80 Å². The zero-order valence-electron chi connectivity index (χ0n) is 14.2. The molecule has 2 amide bonds. The van der Waals surface area contributed by atoms with E-state index < -0.39 is 0 Å². The topological polar surface area (TPSA) is 44.8 Å². The van der Waals surface area contributed by atoms with Gasteiger partial charge in [0.05, 0.1) is 0 Å². The summed E-state index contributed by atoms with van der Waals surface area (Å²) in [6.45, 7) is 3.88. The van der Waals surface area contributed by atoms with Gasteiger partial charge in [-0.05, 0) is 43.9 Å².